The van der Waals surface area contributed by atoms with Crippen molar-refractivity contribution in [2.24, 2.45) is 5.73 Å². The van der Waals surface area contributed by atoms with Crippen molar-refractivity contribution < 1.29 is 9.59 Å². The Morgan fingerprint density at radius 1 is 1.17 bits per heavy atom. The van der Waals surface area contributed by atoms with Crippen molar-refractivity contribution in [3.8, 4) is 0 Å². The third kappa shape index (κ3) is 2.85. The molecular formula is C19H21N3O2. The minimum absolute atomic E-state index is 0.0684. The first-order valence-electron chi connectivity index (χ1n) is 7.96. The molecule has 0 spiro atoms. The van der Waals surface area contributed by atoms with Crippen LogP contribution < -0.4 is 10.6 Å². The number of carbonyl (C=O) groups is 2. The molecule has 5 nitrogen and oxygen atoms in total. The predicted octanol–water partition coefficient (Wildman–Crippen LogP) is 2.70. The van der Waals surface area contributed by atoms with E-state index in [1.165, 1.54) is 10.5 Å². The van der Waals surface area contributed by atoms with Crippen LogP contribution in [0.1, 0.15) is 29.5 Å². The van der Waals surface area contributed by atoms with Crippen LogP contribution in [0.2, 0.25) is 0 Å². The van der Waals surface area contributed by atoms with Gasteiger partial charge in [0.2, 0.25) is 5.91 Å². The standard InChI is InChI=1S/C19H21N3O2/c1-13(14-7-4-3-5-8-14)16-10-6-9-15-11-22(12-17(20)23)19(24)21(2)18(15)16/h3-10,13H,11-12H2,1-2H3,(H2,20,23). The van der Waals surface area contributed by atoms with Crippen LogP contribution in [0.5, 0.6) is 0 Å². The molecule has 1 heterocycles. The Bertz CT molecular complexity index is 773. The number of carbonyl (C=O) groups excluding carboxylic acids is 2. The van der Waals surface area contributed by atoms with Gasteiger partial charge in [0.15, 0.2) is 0 Å². The summed E-state index contributed by atoms with van der Waals surface area (Å²) >= 11 is 0. The van der Waals surface area contributed by atoms with E-state index < -0.39 is 5.91 Å². The number of nitrogens with two attached hydrogens (primary N) is 1. The number of benzene rings is 2. The number of nitrogens with zero attached hydrogens (tertiary/aromatic N) is 2. The first-order chi connectivity index (χ1) is 11.5. The van der Waals surface area contributed by atoms with Gasteiger partial charge in [-0.3, -0.25) is 9.69 Å². The van der Waals surface area contributed by atoms with Crippen molar-refractivity contribution in [3.05, 3.63) is 65.2 Å². The fourth-order valence-electron chi connectivity index (χ4n) is 3.31. The average Bonchev–Trinajstić information content (AvgIpc) is 2.58. The molecule has 3 rings (SSSR count). The Morgan fingerprint density at radius 2 is 1.88 bits per heavy atom. The summed E-state index contributed by atoms with van der Waals surface area (Å²) in [5.41, 5.74) is 9.52. The fourth-order valence-corrected chi connectivity index (χ4v) is 3.31. The van der Waals surface area contributed by atoms with Crippen LogP contribution in [0, 0.1) is 0 Å². The van der Waals surface area contributed by atoms with Gasteiger partial charge in [-0.25, -0.2) is 4.79 Å². The summed E-state index contributed by atoms with van der Waals surface area (Å²) in [6, 6.07) is 16.1. The zero-order chi connectivity index (χ0) is 17.3. The molecule has 1 aliphatic rings. The second-order valence-corrected chi connectivity index (χ2v) is 6.15. The predicted molar refractivity (Wildman–Crippen MR) is 93.8 cm³/mol. The molecule has 0 aliphatic carbocycles. The Morgan fingerprint density at radius 3 is 2.54 bits per heavy atom. The van der Waals surface area contributed by atoms with Crippen molar-refractivity contribution in [1.29, 1.82) is 0 Å². The van der Waals surface area contributed by atoms with E-state index in [4.69, 9.17) is 5.73 Å². The van der Waals surface area contributed by atoms with Gasteiger partial charge in [0.1, 0.15) is 6.54 Å². The molecule has 0 aromatic heterocycles. The monoisotopic (exact) mass is 323 g/mol. The molecule has 2 aromatic carbocycles. The lowest BCUT2D eigenvalue weighted by atomic mass is 9.89. The second kappa shape index (κ2) is 6.35. The van der Waals surface area contributed by atoms with Crippen molar-refractivity contribution in [2.45, 2.75) is 19.4 Å². The summed E-state index contributed by atoms with van der Waals surface area (Å²) in [5, 5.41) is 0. The van der Waals surface area contributed by atoms with Gasteiger partial charge in [0.25, 0.3) is 0 Å². The molecule has 0 radical (unpaired) electrons. The van der Waals surface area contributed by atoms with Gasteiger partial charge in [-0.1, -0.05) is 55.5 Å². The number of hydrogen-bond donors (Lipinski definition) is 1. The van der Waals surface area contributed by atoms with E-state index in [1.54, 1.807) is 11.9 Å². The lowest BCUT2D eigenvalue weighted by Crippen LogP contribution is -2.48. The normalized spacial score (nSPS) is 15.2. The molecule has 3 amide bonds. The summed E-state index contributed by atoms with van der Waals surface area (Å²) < 4.78 is 0. The highest BCUT2D eigenvalue weighted by Crippen LogP contribution is 2.37. The Kier molecular flexibility index (Phi) is 4.25. The molecule has 1 unspecified atom stereocenters. The molecule has 0 fully saturated rings. The van der Waals surface area contributed by atoms with Gasteiger partial charge in [-0.05, 0) is 16.7 Å². The third-order valence-corrected chi connectivity index (χ3v) is 4.52. The molecule has 2 N–H and O–H groups in total. The molecule has 0 saturated heterocycles. The van der Waals surface area contributed by atoms with Crippen molar-refractivity contribution in [2.75, 3.05) is 18.5 Å². The summed E-state index contributed by atoms with van der Waals surface area (Å²) in [6.07, 6.45) is 0. The van der Waals surface area contributed by atoms with Gasteiger partial charge in [0, 0.05) is 13.0 Å². The summed E-state index contributed by atoms with van der Waals surface area (Å²) in [5.74, 6) is -0.340. The van der Waals surface area contributed by atoms with E-state index in [9.17, 15) is 9.59 Å². The maximum Gasteiger partial charge on any atom is 0.325 e. The number of urea groups is 1. The van der Waals surface area contributed by atoms with E-state index in [2.05, 4.69) is 25.1 Å². The number of amides is 3. The highest BCUT2D eigenvalue weighted by Gasteiger charge is 2.31. The highest BCUT2D eigenvalue weighted by molar-refractivity contribution is 5.97. The number of para-hydroxylation sites is 1. The van der Waals surface area contributed by atoms with Gasteiger partial charge in [-0.15, -0.1) is 0 Å². The Hall–Kier alpha value is -2.82. The molecule has 124 valence electrons. The van der Waals surface area contributed by atoms with Crippen LogP contribution >= 0.6 is 0 Å². The number of rotatable bonds is 4. The number of anilines is 1. The van der Waals surface area contributed by atoms with E-state index in [1.807, 2.05) is 30.3 Å². The van der Waals surface area contributed by atoms with E-state index in [0.29, 0.717) is 6.54 Å². The van der Waals surface area contributed by atoms with Crippen molar-refractivity contribution in [1.82, 2.24) is 4.90 Å². The maximum atomic E-state index is 12.6. The minimum Gasteiger partial charge on any atom is -0.368 e. The molecule has 5 heteroatoms. The molecule has 2 aromatic rings. The van der Waals surface area contributed by atoms with Crippen LogP contribution in [0.3, 0.4) is 0 Å². The number of fused-ring (bicyclic) bond motifs is 1. The molecule has 0 saturated carbocycles. The fraction of sp³-hybridized carbons (Fsp3) is 0.263. The second-order valence-electron chi connectivity index (χ2n) is 6.15. The third-order valence-electron chi connectivity index (χ3n) is 4.52. The van der Waals surface area contributed by atoms with Crippen LogP contribution in [0.25, 0.3) is 0 Å². The quantitative estimate of drug-likeness (QED) is 0.940. The van der Waals surface area contributed by atoms with Crippen LogP contribution in [-0.4, -0.2) is 30.4 Å². The largest absolute Gasteiger partial charge is 0.368 e. The first kappa shape index (κ1) is 16.1. The van der Waals surface area contributed by atoms with Crippen LogP contribution in [0.15, 0.2) is 48.5 Å². The SMILES string of the molecule is CC(c1ccccc1)c1cccc2c1N(C)C(=O)N(CC(N)=O)C2. The Labute approximate surface area is 141 Å². The zero-order valence-corrected chi connectivity index (χ0v) is 13.9. The van der Waals surface area contributed by atoms with Crippen molar-refractivity contribution in [3.63, 3.8) is 0 Å². The number of hydrogen-bond acceptors (Lipinski definition) is 2. The summed E-state index contributed by atoms with van der Waals surface area (Å²) in [7, 11) is 1.75. The average molecular weight is 323 g/mol. The summed E-state index contributed by atoms with van der Waals surface area (Å²) in [6.45, 7) is 2.47. The minimum atomic E-state index is -0.506. The molecule has 0 bridgehead atoms. The first-order valence-corrected chi connectivity index (χ1v) is 7.96. The van der Waals surface area contributed by atoms with Crippen LogP contribution in [-0.2, 0) is 11.3 Å². The lowest BCUT2D eigenvalue weighted by molar-refractivity contribution is -0.118. The topological polar surface area (TPSA) is 66.6 Å². The van der Waals surface area contributed by atoms with E-state index >= 15 is 0 Å². The molecular weight excluding hydrogens is 302 g/mol. The number of primary amides is 1. The van der Waals surface area contributed by atoms with E-state index in [0.717, 1.165) is 16.8 Å². The van der Waals surface area contributed by atoms with Crippen molar-refractivity contribution >= 4 is 17.6 Å². The molecule has 24 heavy (non-hydrogen) atoms. The van der Waals surface area contributed by atoms with Gasteiger partial charge < -0.3 is 10.6 Å². The van der Waals surface area contributed by atoms with Gasteiger partial charge in [-0.2, -0.15) is 0 Å². The Balaban J connectivity index is 2.02. The van der Waals surface area contributed by atoms with E-state index in [-0.39, 0.29) is 18.5 Å². The molecule has 1 atom stereocenters. The lowest BCUT2D eigenvalue weighted by Gasteiger charge is -2.36. The molecule has 1 aliphatic heterocycles. The van der Waals surface area contributed by atoms with Gasteiger partial charge >= 0.3 is 6.03 Å². The maximum absolute atomic E-state index is 12.6. The smallest absolute Gasteiger partial charge is 0.325 e. The summed E-state index contributed by atoms with van der Waals surface area (Å²) in [4.78, 5) is 26.9. The van der Waals surface area contributed by atoms with Crippen LogP contribution in [0.4, 0.5) is 10.5 Å². The van der Waals surface area contributed by atoms with Gasteiger partial charge in [0.05, 0.1) is 12.2 Å². The zero-order valence-electron chi connectivity index (χ0n) is 13.9. The highest BCUT2D eigenvalue weighted by atomic mass is 16.2.